The molecule has 0 heterocycles. The van der Waals surface area contributed by atoms with E-state index >= 15 is 0 Å². The minimum atomic E-state index is 0.594. The van der Waals surface area contributed by atoms with Crippen molar-refractivity contribution in [1.82, 2.24) is 5.32 Å². The SMILES string of the molecule is CNC1CCC(Nc2cc(Cl)ccc2C)CC1. The molecule has 0 spiro atoms. The zero-order valence-electron chi connectivity index (χ0n) is 10.6. The van der Waals surface area contributed by atoms with Crippen molar-refractivity contribution < 1.29 is 0 Å². The lowest BCUT2D eigenvalue weighted by Crippen LogP contribution is -2.35. The van der Waals surface area contributed by atoms with E-state index in [1.165, 1.54) is 36.9 Å². The minimum Gasteiger partial charge on any atom is -0.382 e. The lowest BCUT2D eigenvalue weighted by molar-refractivity contribution is 0.371. The van der Waals surface area contributed by atoms with Crippen LogP contribution in [-0.2, 0) is 0 Å². The number of benzene rings is 1. The molecule has 0 bridgehead atoms. The third-order valence-electron chi connectivity index (χ3n) is 3.69. The highest BCUT2D eigenvalue weighted by Gasteiger charge is 2.19. The van der Waals surface area contributed by atoms with Crippen LogP contribution in [0.15, 0.2) is 18.2 Å². The maximum absolute atomic E-state index is 6.03. The van der Waals surface area contributed by atoms with Crippen LogP contribution in [0, 0.1) is 6.92 Å². The maximum atomic E-state index is 6.03. The molecule has 2 rings (SSSR count). The molecule has 1 aromatic carbocycles. The summed E-state index contributed by atoms with van der Waals surface area (Å²) in [6, 6.07) is 7.34. The summed E-state index contributed by atoms with van der Waals surface area (Å²) in [5.74, 6) is 0. The fourth-order valence-electron chi connectivity index (χ4n) is 2.50. The number of halogens is 1. The monoisotopic (exact) mass is 252 g/mol. The lowest BCUT2D eigenvalue weighted by Gasteiger charge is -2.30. The smallest absolute Gasteiger partial charge is 0.0426 e. The summed E-state index contributed by atoms with van der Waals surface area (Å²) < 4.78 is 0. The van der Waals surface area contributed by atoms with Crippen LogP contribution in [0.4, 0.5) is 5.69 Å². The third-order valence-corrected chi connectivity index (χ3v) is 3.93. The second-order valence-corrected chi connectivity index (χ2v) is 5.38. The van der Waals surface area contributed by atoms with Gasteiger partial charge in [-0.3, -0.25) is 0 Å². The highest BCUT2D eigenvalue weighted by Crippen LogP contribution is 2.25. The van der Waals surface area contributed by atoms with Crippen molar-refractivity contribution in [1.29, 1.82) is 0 Å². The summed E-state index contributed by atoms with van der Waals surface area (Å²) in [6.07, 6.45) is 4.98. The van der Waals surface area contributed by atoms with Gasteiger partial charge in [-0.1, -0.05) is 17.7 Å². The van der Waals surface area contributed by atoms with E-state index in [2.05, 4.69) is 30.7 Å². The van der Waals surface area contributed by atoms with E-state index in [1.54, 1.807) is 0 Å². The molecule has 1 aromatic rings. The first-order chi connectivity index (χ1) is 8.19. The lowest BCUT2D eigenvalue weighted by atomic mass is 9.91. The van der Waals surface area contributed by atoms with Crippen molar-refractivity contribution in [2.45, 2.75) is 44.7 Å². The first-order valence-electron chi connectivity index (χ1n) is 6.39. The molecule has 0 amide bonds. The normalized spacial score (nSPS) is 24.6. The molecule has 1 aliphatic carbocycles. The van der Waals surface area contributed by atoms with Crippen LogP contribution in [0.5, 0.6) is 0 Å². The predicted octanol–water partition coefficient (Wildman–Crippen LogP) is 3.59. The molecule has 2 N–H and O–H groups in total. The van der Waals surface area contributed by atoms with Gasteiger partial charge in [-0.2, -0.15) is 0 Å². The molecule has 0 saturated heterocycles. The molecule has 0 atom stereocenters. The molecule has 0 radical (unpaired) electrons. The predicted molar refractivity (Wildman–Crippen MR) is 74.9 cm³/mol. The van der Waals surface area contributed by atoms with Gasteiger partial charge in [0.25, 0.3) is 0 Å². The molecule has 1 fully saturated rings. The Kier molecular flexibility index (Phi) is 4.30. The summed E-state index contributed by atoms with van der Waals surface area (Å²) >= 11 is 6.03. The largest absolute Gasteiger partial charge is 0.382 e. The molecule has 0 aromatic heterocycles. The van der Waals surface area contributed by atoms with Gasteiger partial charge in [-0.15, -0.1) is 0 Å². The van der Waals surface area contributed by atoms with Gasteiger partial charge in [-0.25, -0.2) is 0 Å². The van der Waals surface area contributed by atoms with Gasteiger partial charge >= 0.3 is 0 Å². The second-order valence-electron chi connectivity index (χ2n) is 4.94. The van der Waals surface area contributed by atoms with E-state index in [1.807, 2.05) is 12.1 Å². The number of rotatable bonds is 3. The molecule has 2 nitrogen and oxygen atoms in total. The van der Waals surface area contributed by atoms with Gasteiger partial charge in [0.05, 0.1) is 0 Å². The van der Waals surface area contributed by atoms with Crippen LogP contribution in [0.2, 0.25) is 5.02 Å². The zero-order valence-corrected chi connectivity index (χ0v) is 11.3. The van der Waals surface area contributed by atoms with Crippen molar-refractivity contribution in [3.8, 4) is 0 Å². The van der Waals surface area contributed by atoms with Gasteiger partial charge in [0.15, 0.2) is 0 Å². The Hall–Kier alpha value is -0.730. The Labute approximate surface area is 109 Å². The van der Waals surface area contributed by atoms with E-state index < -0.39 is 0 Å². The number of nitrogens with one attached hydrogen (secondary N) is 2. The fourth-order valence-corrected chi connectivity index (χ4v) is 2.67. The van der Waals surface area contributed by atoms with Crippen molar-refractivity contribution in [3.63, 3.8) is 0 Å². The van der Waals surface area contributed by atoms with E-state index in [9.17, 15) is 0 Å². The average Bonchev–Trinajstić information content (AvgIpc) is 2.35. The average molecular weight is 253 g/mol. The van der Waals surface area contributed by atoms with Crippen molar-refractivity contribution in [2.24, 2.45) is 0 Å². The van der Waals surface area contributed by atoms with Gasteiger partial charge in [-0.05, 0) is 57.4 Å². The van der Waals surface area contributed by atoms with Crippen LogP contribution in [-0.4, -0.2) is 19.1 Å². The van der Waals surface area contributed by atoms with Gasteiger partial charge in [0.2, 0.25) is 0 Å². The molecule has 3 heteroatoms. The van der Waals surface area contributed by atoms with Gasteiger partial charge < -0.3 is 10.6 Å². The Morgan fingerprint density at radius 3 is 2.41 bits per heavy atom. The third kappa shape index (κ3) is 3.36. The van der Waals surface area contributed by atoms with Gasteiger partial charge in [0, 0.05) is 22.8 Å². The summed E-state index contributed by atoms with van der Waals surface area (Å²) in [5.41, 5.74) is 2.45. The number of aryl methyl sites for hydroxylation is 1. The fraction of sp³-hybridized carbons (Fsp3) is 0.571. The first-order valence-corrected chi connectivity index (χ1v) is 6.77. The highest BCUT2D eigenvalue weighted by atomic mass is 35.5. The van der Waals surface area contributed by atoms with Crippen molar-refractivity contribution in [3.05, 3.63) is 28.8 Å². The molecular weight excluding hydrogens is 232 g/mol. The Balaban J connectivity index is 1.95. The molecule has 17 heavy (non-hydrogen) atoms. The number of hydrogen-bond donors (Lipinski definition) is 2. The maximum Gasteiger partial charge on any atom is 0.0426 e. The summed E-state index contributed by atoms with van der Waals surface area (Å²) in [6.45, 7) is 2.12. The van der Waals surface area contributed by atoms with Crippen molar-refractivity contribution >= 4 is 17.3 Å². The minimum absolute atomic E-state index is 0.594. The quantitative estimate of drug-likeness (QED) is 0.859. The Morgan fingerprint density at radius 1 is 1.12 bits per heavy atom. The molecular formula is C14H21ClN2. The first kappa shape index (κ1) is 12.7. The van der Waals surface area contributed by atoms with E-state index in [-0.39, 0.29) is 0 Å². The van der Waals surface area contributed by atoms with E-state index in [4.69, 9.17) is 11.6 Å². The van der Waals surface area contributed by atoms with Crippen LogP contribution in [0.3, 0.4) is 0 Å². The molecule has 1 saturated carbocycles. The summed E-state index contributed by atoms with van der Waals surface area (Å²) in [4.78, 5) is 0. The summed E-state index contributed by atoms with van der Waals surface area (Å²) in [7, 11) is 2.06. The van der Waals surface area contributed by atoms with Crippen LogP contribution < -0.4 is 10.6 Å². The standard InChI is InChI=1S/C14H21ClN2/c1-10-3-4-11(15)9-14(10)17-13-7-5-12(16-2)6-8-13/h3-4,9,12-13,16-17H,5-8H2,1-2H3. The Morgan fingerprint density at radius 2 is 1.76 bits per heavy atom. The van der Waals surface area contributed by atoms with Gasteiger partial charge in [0.1, 0.15) is 0 Å². The summed E-state index contributed by atoms with van der Waals surface area (Å²) in [5, 5.41) is 7.79. The molecule has 94 valence electrons. The topological polar surface area (TPSA) is 24.1 Å². The van der Waals surface area contributed by atoms with E-state index in [0.29, 0.717) is 12.1 Å². The van der Waals surface area contributed by atoms with Crippen LogP contribution >= 0.6 is 11.6 Å². The molecule has 0 aliphatic heterocycles. The molecule has 0 unspecified atom stereocenters. The number of anilines is 1. The highest BCUT2D eigenvalue weighted by molar-refractivity contribution is 6.30. The molecule has 1 aliphatic rings. The number of hydrogen-bond acceptors (Lipinski definition) is 2. The van der Waals surface area contributed by atoms with Crippen molar-refractivity contribution in [2.75, 3.05) is 12.4 Å². The van der Waals surface area contributed by atoms with E-state index in [0.717, 1.165) is 5.02 Å². The zero-order chi connectivity index (χ0) is 12.3. The van der Waals surface area contributed by atoms with Crippen LogP contribution in [0.25, 0.3) is 0 Å². The Bertz CT molecular complexity index is 370. The van der Waals surface area contributed by atoms with Crippen LogP contribution in [0.1, 0.15) is 31.2 Å². The second kappa shape index (κ2) is 5.74.